The fourth-order valence-electron chi connectivity index (χ4n) is 2.95. The third-order valence-corrected chi connectivity index (χ3v) is 6.11. The molecule has 0 saturated heterocycles. The van der Waals surface area contributed by atoms with E-state index in [4.69, 9.17) is 0 Å². The van der Waals surface area contributed by atoms with Gasteiger partial charge in [-0.15, -0.1) is 0 Å². The summed E-state index contributed by atoms with van der Waals surface area (Å²) in [5.74, 6) is -0.757. The molecule has 1 atom stereocenters. The second-order valence-electron chi connectivity index (χ2n) is 7.00. The third-order valence-electron chi connectivity index (χ3n) is 4.62. The highest BCUT2D eigenvalue weighted by Crippen LogP contribution is 2.21. The van der Waals surface area contributed by atoms with Gasteiger partial charge in [-0.3, -0.25) is 4.79 Å². The van der Waals surface area contributed by atoms with Crippen molar-refractivity contribution in [3.63, 3.8) is 0 Å². The molecule has 30 heavy (non-hydrogen) atoms. The third kappa shape index (κ3) is 5.98. The van der Waals surface area contributed by atoms with Crippen LogP contribution in [0, 0.1) is 12.7 Å². The summed E-state index contributed by atoms with van der Waals surface area (Å²) in [5.41, 5.74) is 2.37. The van der Waals surface area contributed by atoms with Gasteiger partial charge in [0.2, 0.25) is 15.9 Å². The molecule has 2 N–H and O–H groups in total. The smallest absolute Gasteiger partial charge is 0.241 e. The summed E-state index contributed by atoms with van der Waals surface area (Å²) < 4.78 is 41.6. The summed E-state index contributed by atoms with van der Waals surface area (Å²) in [7, 11) is -3.87. The number of aryl methyl sites for hydroxylation is 1. The molecule has 7 heteroatoms. The average Bonchev–Trinajstić information content (AvgIpc) is 2.73. The zero-order chi connectivity index (χ0) is 21.6. The number of amides is 1. The lowest BCUT2D eigenvalue weighted by Crippen LogP contribution is -2.33. The molecule has 0 aliphatic rings. The topological polar surface area (TPSA) is 75.3 Å². The van der Waals surface area contributed by atoms with E-state index in [1.54, 1.807) is 12.1 Å². The molecule has 0 aliphatic heterocycles. The SMILES string of the molecule is Cc1ccc(S(=O)(=O)N[C@@H](CC(=O)NCc2ccccc2)c2ccc(F)cc2)cc1. The van der Waals surface area contributed by atoms with Crippen LogP contribution in [-0.2, 0) is 21.4 Å². The molecule has 1 amide bonds. The van der Waals surface area contributed by atoms with Crippen molar-refractivity contribution in [2.24, 2.45) is 0 Å². The van der Waals surface area contributed by atoms with E-state index in [2.05, 4.69) is 10.0 Å². The second-order valence-corrected chi connectivity index (χ2v) is 8.72. The highest BCUT2D eigenvalue weighted by atomic mass is 32.2. The fourth-order valence-corrected chi connectivity index (χ4v) is 4.17. The van der Waals surface area contributed by atoms with Crippen LogP contribution in [-0.4, -0.2) is 14.3 Å². The van der Waals surface area contributed by atoms with Crippen LogP contribution in [0.3, 0.4) is 0 Å². The predicted octanol–water partition coefficient (Wildman–Crippen LogP) is 3.86. The predicted molar refractivity (Wildman–Crippen MR) is 114 cm³/mol. The number of benzene rings is 3. The normalized spacial score (nSPS) is 12.3. The lowest BCUT2D eigenvalue weighted by molar-refractivity contribution is -0.121. The summed E-state index contributed by atoms with van der Waals surface area (Å²) in [6.45, 7) is 2.20. The summed E-state index contributed by atoms with van der Waals surface area (Å²) in [4.78, 5) is 12.6. The van der Waals surface area contributed by atoms with Gasteiger partial charge in [-0.05, 0) is 42.3 Å². The van der Waals surface area contributed by atoms with Crippen LogP contribution in [0.2, 0.25) is 0 Å². The Morgan fingerprint density at radius 1 is 0.933 bits per heavy atom. The molecule has 3 aromatic carbocycles. The first kappa shape index (κ1) is 21.7. The van der Waals surface area contributed by atoms with E-state index < -0.39 is 21.9 Å². The fraction of sp³-hybridized carbons (Fsp3) is 0.174. The number of carbonyl (C=O) groups is 1. The van der Waals surface area contributed by atoms with Crippen LogP contribution in [0.5, 0.6) is 0 Å². The van der Waals surface area contributed by atoms with Crippen molar-refractivity contribution in [1.82, 2.24) is 10.0 Å². The number of rotatable bonds is 8. The number of carbonyl (C=O) groups excluding carboxylic acids is 1. The van der Waals surface area contributed by atoms with E-state index in [9.17, 15) is 17.6 Å². The Morgan fingerprint density at radius 2 is 1.57 bits per heavy atom. The standard InChI is InChI=1S/C23H23FN2O3S/c1-17-7-13-21(14-8-17)30(28,29)26-22(19-9-11-20(24)12-10-19)15-23(27)25-16-18-5-3-2-4-6-18/h2-14,22,26H,15-16H2,1H3,(H,25,27)/t22-/m0/s1. The molecule has 0 spiro atoms. The highest BCUT2D eigenvalue weighted by Gasteiger charge is 2.24. The molecule has 0 unspecified atom stereocenters. The molecule has 0 aromatic heterocycles. The first-order chi connectivity index (χ1) is 14.3. The van der Waals surface area contributed by atoms with Crippen molar-refractivity contribution in [3.05, 3.63) is 101 Å². The Bertz CT molecular complexity index is 1080. The van der Waals surface area contributed by atoms with Gasteiger partial charge in [0.15, 0.2) is 0 Å². The Labute approximate surface area is 176 Å². The molecule has 0 saturated carbocycles. The quantitative estimate of drug-likeness (QED) is 0.574. The van der Waals surface area contributed by atoms with E-state index in [0.717, 1.165) is 11.1 Å². The van der Waals surface area contributed by atoms with E-state index >= 15 is 0 Å². The minimum atomic E-state index is -3.87. The van der Waals surface area contributed by atoms with Gasteiger partial charge in [-0.2, -0.15) is 0 Å². The van der Waals surface area contributed by atoms with Gasteiger partial charge in [0, 0.05) is 13.0 Å². The zero-order valence-corrected chi connectivity index (χ0v) is 17.3. The monoisotopic (exact) mass is 426 g/mol. The maximum Gasteiger partial charge on any atom is 0.241 e. The minimum Gasteiger partial charge on any atom is -0.352 e. The maximum absolute atomic E-state index is 13.3. The second kappa shape index (κ2) is 9.65. The summed E-state index contributed by atoms with van der Waals surface area (Å²) in [6, 6.07) is 20.4. The summed E-state index contributed by atoms with van der Waals surface area (Å²) in [5, 5.41) is 2.80. The van der Waals surface area contributed by atoms with Crippen molar-refractivity contribution >= 4 is 15.9 Å². The zero-order valence-electron chi connectivity index (χ0n) is 16.5. The molecule has 156 valence electrons. The van der Waals surface area contributed by atoms with Crippen LogP contribution in [0.25, 0.3) is 0 Å². The Kier molecular flexibility index (Phi) is 6.97. The van der Waals surface area contributed by atoms with Gasteiger partial charge < -0.3 is 5.32 Å². The van der Waals surface area contributed by atoms with Crippen LogP contribution in [0.4, 0.5) is 4.39 Å². The van der Waals surface area contributed by atoms with Crippen LogP contribution in [0.1, 0.15) is 29.2 Å². The molecule has 0 bridgehead atoms. The van der Waals surface area contributed by atoms with Gasteiger partial charge >= 0.3 is 0 Å². The molecule has 0 heterocycles. The Hall–Kier alpha value is -3.03. The van der Waals surface area contributed by atoms with Crippen LogP contribution in [0.15, 0.2) is 83.8 Å². The first-order valence-electron chi connectivity index (χ1n) is 9.48. The first-order valence-corrected chi connectivity index (χ1v) is 11.0. The highest BCUT2D eigenvalue weighted by molar-refractivity contribution is 7.89. The molecule has 0 radical (unpaired) electrons. The Morgan fingerprint density at radius 3 is 2.20 bits per heavy atom. The van der Waals surface area contributed by atoms with Gasteiger partial charge in [-0.1, -0.05) is 60.2 Å². The van der Waals surface area contributed by atoms with Crippen molar-refractivity contribution < 1.29 is 17.6 Å². The number of halogens is 1. The van der Waals surface area contributed by atoms with Crippen LogP contribution < -0.4 is 10.0 Å². The number of hydrogen-bond donors (Lipinski definition) is 2. The summed E-state index contributed by atoms with van der Waals surface area (Å²) >= 11 is 0. The maximum atomic E-state index is 13.3. The number of sulfonamides is 1. The largest absolute Gasteiger partial charge is 0.352 e. The molecular weight excluding hydrogens is 403 g/mol. The molecule has 3 rings (SSSR count). The van der Waals surface area contributed by atoms with Gasteiger partial charge in [0.25, 0.3) is 0 Å². The Balaban J connectivity index is 1.77. The summed E-state index contributed by atoms with van der Waals surface area (Å²) in [6.07, 6.45) is -0.121. The van der Waals surface area contributed by atoms with Crippen molar-refractivity contribution in [1.29, 1.82) is 0 Å². The molecule has 3 aromatic rings. The van der Waals surface area contributed by atoms with E-state index in [1.165, 1.54) is 36.4 Å². The van der Waals surface area contributed by atoms with Crippen molar-refractivity contribution in [2.75, 3.05) is 0 Å². The van der Waals surface area contributed by atoms with Gasteiger partial charge in [0.05, 0.1) is 10.9 Å². The molecule has 0 fully saturated rings. The number of nitrogens with one attached hydrogen (secondary N) is 2. The van der Waals surface area contributed by atoms with E-state index in [0.29, 0.717) is 12.1 Å². The molecule has 5 nitrogen and oxygen atoms in total. The van der Waals surface area contributed by atoms with E-state index in [1.807, 2.05) is 37.3 Å². The lowest BCUT2D eigenvalue weighted by atomic mass is 10.0. The lowest BCUT2D eigenvalue weighted by Gasteiger charge is -2.19. The average molecular weight is 427 g/mol. The van der Waals surface area contributed by atoms with Crippen molar-refractivity contribution in [3.8, 4) is 0 Å². The van der Waals surface area contributed by atoms with Gasteiger partial charge in [-0.25, -0.2) is 17.5 Å². The number of hydrogen-bond acceptors (Lipinski definition) is 3. The van der Waals surface area contributed by atoms with Crippen molar-refractivity contribution in [2.45, 2.75) is 30.8 Å². The molecular formula is C23H23FN2O3S. The molecule has 0 aliphatic carbocycles. The van der Waals surface area contributed by atoms with E-state index in [-0.39, 0.29) is 17.2 Å². The van der Waals surface area contributed by atoms with Gasteiger partial charge in [0.1, 0.15) is 5.82 Å². The minimum absolute atomic E-state index is 0.102. The van der Waals surface area contributed by atoms with Crippen LogP contribution >= 0.6 is 0 Å².